The van der Waals surface area contributed by atoms with Gasteiger partial charge in [0.1, 0.15) is 5.78 Å². The predicted octanol–water partition coefficient (Wildman–Crippen LogP) is 6.68. The number of anilines is 1. The molecule has 2 aliphatic heterocycles. The van der Waals surface area contributed by atoms with Crippen molar-refractivity contribution in [1.29, 1.82) is 0 Å². The maximum absolute atomic E-state index is 13.9. The first-order valence-corrected chi connectivity index (χ1v) is 15.3. The number of carbonyl (C=O) groups is 3. The molecule has 2 heterocycles. The average molecular weight is 544 g/mol. The van der Waals surface area contributed by atoms with Crippen LogP contribution in [0.2, 0.25) is 0 Å². The summed E-state index contributed by atoms with van der Waals surface area (Å²) in [7, 11) is 0. The molecular formula is C34H45N3O3. The first-order chi connectivity index (χ1) is 19.3. The van der Waals surface area contributed by atoms with Gasteiger partial charge in [-0.1, -0.05) is 62.6 Å². The zero-order valence-corrected chi connectivity index (χ0v) is 24.5. The number of carbonyl (C=O) groups excluding carboxylic acids is 3. The summed E-state index contributed by atoms with van der Waals surface area (Å²) in [6, 6.07) is 14.4. The smallest absolute Gasteiger partial charge is 0.322 e. The van der Waals surface area contributed by atoms with E-state index in [-0.39, 0.29) is 36.2 Å². The molecule has 5 rings (SSSR count). The van der Waals surface area contributed by atoms with Crippen molar-refractivity contribution in [1.82, 2.24) is 9.80 Å². The number of urea groups is 1. The molecule has 2 aromatic carbocycles. The van der Waals surface area contributed by atoms with Crippen molar-refractivity contribution < 1.29 is 14.4 Å². The third kappa shape index (κ3) is 6.59. The second-order valence-electron chi connectivity index (χ2n) is 12.6. The number of para-hydroxylation sites is 1. The summed E-state index contributed by atoms with van der Waals surface area (Å²) in [4.78, 5) is 44.2. The largest absolute Gasteiger partial charge is 0.343 e. The van der Waals surface area contributed by atoms with Crippen LogP contribution in [0.4, 0.5) is 10.5 Å². The number of fused-ring (bicyclic) bond motifs is 1. The van der Waals surface area contributed by atoms with E-state index in [2.05, 4.69) is 50.4 Å². The lowest BCUT2D eigenvalue weighted by molar-refractivity contribution is -0.138. The normalized spacial score (nSPS) is 22.7. The van der Waals surface area contributed by atoms with Gasteiger partial charge in [-0.05, 0) is 80.2 Å². The predicted molar refractivity (Wildman–Crippen MR) is 159 cm³/mol. The van der Waals surface area contributed by atoms with Crippen molar-refractivity contribution in [2.75, 3.05) is 18.4 Å². The molecule has 214 valence electrons. The molecule has 2 fully saturated rings. The number of amides is 3. The van der Waals surface area contributed by atoms with Crippen molar-refractivity contribution >= 4 is 23.4 Å². The fraction of sp³-hybridized carbons (Fsp3) is 0.559. The molecule has 6 heteroatoms. The number of nitrogens with zero attached hydrogens (tertiary/aromatic N) is 2. The summed E-state index contributed by atoms with van der Waals surface area (Å²) in [6.45, 7) is 8.36. The van der Waals surface area contributed by atoms with Gasteiger partial charge in [0.15, 0.2) is 0 Å². The number of benzene rings is 2. The molecule has 0 radical (unpaired) electrons. The summed E-state index contributed by atoms with van der Waals surface area (Å²) < 4.78 is 0. The second-order valence-corrected chi connectivity index (χ2v) is 12.6. The van der Waals surface area contributed by atoms with Gasteiger partial charge in [-0.25, -0.2) is 4.79 Å². The highest BCUT2D eigenvalue weighted by Crippen LogP contribution is 2.32. The van der Waals surface area contributed by atoms with Gasteiger partial charge in [0.25, 0.3) is 0 Å². The lowest BCUT2D eigenvalue weighted by atomic mass is 9.81. The number of Topliss-reactive ketones (excluding diaryl/α,β-unsaturated/α-hetero) is 1. The Kier molecular flexibility index (Phi) is 8.92. The number of piperidine rings is 1. The van der Waals surface area contributed by atoms with Crippen LogP contribution in [0.1, 0.15) is 80.5 Å². The van der Waals surface area contributed by atoms with Gasteiger partial charge in [0.2, 0.25) is 5.91 Å². The molecule has 3 unspecified atom stereocenters. The first kappa shape index (κ1) is 28.4. The Hall–Kier alpha value is -3.15. The number of rotatable bonds is 7. The Morgan fingerprint density at radius 3 is 2.50 bits per heavy atom. The number of hydrogen-bond acceptors (Lipinski definition) is 3. The number of hydrogen-bond donors (Lipinski definition) is 1. The minimum atomic E-state index is -0.282. The van der Waals surface area contributed by atoms with Crippen molar-refractivity contribution in [2.24, 2.45) is 17.8 Å². The van der Waals surface area contributed by atoms with Crippen LogP contribution in [0.3, 0.4) is 0 Å². The quantitative estimate of drug-likeness (QED) is 0.396. The second kappa shape index (κ2) is 12.6. The van der Waals surface area contributed by atoms with Crippen molar-refractivity contribution in [3.05, 3.63) is 64.7 Å². The van der Waals surface area contributed by atoms with E-state index in [1.165, 1.54) is 17.5 Å². The van der Waals surface area contributed by atoms with Crippen LogP contribution in [0.5, 0.6) is 0 Å². The van der Waals surface area contributed by atoms with E-state index >= 15 is 0 Å². The molecule has 3 aliphatic rings. The molecule has 3 amide bonds. The molecule has 1 N–H and O–H groups in total. The van der Waals surface area contributed by atoms with Gasteiger partial charge in [-0.2, -0.15) is 0 Å². The summed E-state index contributed by atoms with van der Waals surface area (Å²) in [5.74, 6) is 0.834. The molecule has 2 aromatic rings. The Morgan fingerprint density at radius 2 is 1.73 bits per heavy atom. The summed E-state index contributed by atoms with van der Waals surface area (Å²) in [5, 5.41) is 3.02. The van der Waals surface area contributed by atoms with Crippen LogP contribution in [-0.4, -0.2) is 46.7 Å². The van der Waals surface area contributed by atoms with Crippen LogP contribution < -0.4 is 5.32 Å². The molecule has 1 saturated heterocycles. The third-order valence-electron chi connectivity index (χ3n) is 9.66. The van der Waals surface area contributed by atoms with Gasteiger partial charge >= 0.3 is 6.03 Å². The number of ketones is 1. The van der Waals surface area contributed by atoms with Gasteiger partial charge in [0.05, 0.1) is 0 Å². The highest BCUT2D eigenvalue weighted by molar-refractivity contribution is 5.92. The molecular weight excluding hydrogens is 498 g/mol. The van der Waals surface area contributed by atoms with E-state index < -0.39 is 0 Å². The van der Waals surface area contributed by atoms with Crippen molar-refractivity contribution in [2.45, 2.75) is 91.1 Å². The molecule has 1 aliphatic carbocycles. The lowest BCUT2D eigenvalue weighted by Gasteiger charge is -2.40. The minimum Gasteiger partial charge on any atom is -0.343 e. The zero-order chi connectivity index (χ0) is 28.2. The van der Waals surface area contributed by atoms with E-state index in [0.29, 0.717) is 37.8 Å². The average Bonchev–Trinajstić information content (AvgIpc) is 3.18. The van der Waals surface area contributed by atoms with Crippen LogP contribution >= 0.6 is 0 Å². The standard InChI is InChI=1S/C34H45N3O3/c1-23-7-6-9-27(14-11-23)33(39)29(20-26-13-12-24(2)25(3)19-26)21-32(38)36-17-15-30(16-18-36)37-22-28-8-4-5-10-31(28)35-34(37)40/h4-5,8,10,12-13,19,23,27,29-30H,6-7,9,11,14-18,20-22H2,1-3H3,(H,35,40). The van der Waals surface area contributed by atoms with Crippen LogP contribution in [0.25, 0.3) is 0 Å². The number of likely N-dealkylation sites (tertiary alicyclic amines) is 1. The van der Waals surface area contributed by atoms with Gasteiger partial charge < -0.3 is 15.1 Å². The molecule has 40 heavy (non-hydrogen) atoms. The Bertz CT molecular complexity index is 1230. The fourth-order valence-corrected chi connectivity index (χ4v) is 6.88. The molecule has 0 spiro atoms. The summed E-state index contributed by atoms with van der Waals surface area (Å²) in [5.41, 5.74) is 5.63. The Balaban J connectivity index is 1.23. The lowest BCUT2D eigenvalue weighted by Crippen LogP contribution is -2.51. The van der Waals surface area contributed by atoms with E-state index in [1.54, 1.807) is 0 Å². The maximum Gasteiger partial charge on any atom is 0.322 e. The van der Waals surface area contributed by atoms with Gasteiger partial charge in [-0.15, -0.1) is 0 Å². The van der Waals surface area contributed by atoms with E-state index in [4.69, 9.17) is 0 Å². The van der Waals surface area contributed by atoms with Crippen LogP contribution in [-0.2, 0) is 22.6 Å². The summed E-state index contributed by atoms with van der Waals surface area (Å²) >= 11 is 0. The third-order valence-corrected chi connectivity index (χ3v) is 9.66. The van der Waals surface area contributed by atoms with Crippen LogP contribution in [0, 0.1) is 31.6 Å². The first-order valence-electron chi connectivity index (χ1n) is 15.3. The molecule has 3 atom stereocenters. The van der Waals surface area contributed by atoms with Crippen molar-refractivity contribution in [3.8, 4) is 0 Å². The van der Waals surface area contributed by atoms with Gasteiger partial charge in [0, 0.05) is 49.6 Å². The highest BCUT2D eigenvalue weighted by atomic mass is 16.2. The SMILES string of the molecule is Cc1ccc(CC(CC(=O)N2CCC(N3Cc4ccccc4NC3=O)CC2)C(=O)C2CCCC(C)CC2)cc1C. The van der Waals surface area contributed by atoms with Crippen LogP contribution in [0.15, 0.2) is 42.5 Å². The number of nitrogens with one attached hydrogen (secondary N) is 1. The van der Waals surface area contributed by atoms with E-state index in [1.807, 2.05) is 28.0 Å². The monoisotopic (exact) mass is 543 g/mol. The highest BCUT2D eigenvalue weighted by Gasteiger charge is 2.35. The van der Waals surface area contributed by atoms with Crippen molar-refractivity contribution in [3.63, 3.8) is 0 Å². The maximum atomic E-state index is 13.9. The summed E-state index contributed by atoms with van der Waals surface area (Å²) in [6.07, 6.45) is 7.72. The Labute approximate surface area is 239 Å². The fourth-order valence-electron chi connectivity index (χ4n) is 6.88. The Morgan fingerprint density at radius 1 is 0.950 bits per heavy atom. The molecule has 0 bridgehead atoms. The molecule has 0 aromatic heterocycles. The van der Waals surface area contributed by atoms with Gasteiger partial charge in [-0.3, -0.25) is 9.59 Å². The topological polar surface area (TPSA) is 69.7 Å². The minimum absolute atomic E-state index is 0.0553. The zero-order valence-electron chi connectivity index (χ0n) is 24.5. The van der Waals surface area contributed by atoms with E-state index in [0.717, 1.165) is 55.3 Å². The molecule has 1 saturated carbocycles. The number of aryl methyl sites for hydroxylation is 2. The van der Waals surface area contributed by atoms with E-state index in [9.17, 15) is 14.4 Å². The molecule has 6 nitrogen and oxygen atoms in total.